The number of fused-ring (bicyclic) bond motifs is 1. The third-order valence-electron chi connectivity index (χ3n) is 4.89. The van der Waals surface area contributed by atoms with E-state index >= 15 is 0 Å². The number of hydrogen-bond acceptors (Lipinski definition) is 6. The van der Waals surface area contributed by atoms with Crippen molar-refractivity contribution in [2.24, 2.45) is 0 Å². The molecular formula is C19H23F3N4O5S. The van der Waals surface area contributed by atoms with Gasteiger partial charge >= 0.3 is 12.1 Å². The predicted octanol–water partition coefficient (Wildman–Crippen LogP) is 2.11. The van der Waals surface area contributed by atoms with Crippen LogP contribution in [0.15, 0.2) is 30.5 Å². The van der Waals surface area contributed by atoms with E-state index in [1.807, 2.05) is 35.9 Å². The number of carbonyl (C=O) groups is 1. The Morgan fingerprint density at radius 1 is 1.25 bits per heavy atom. The van der Waals surface area contributed by atoms with Crippen LogP contribution in [-0.2, 0) is 39.3 Å². The van der Waals surface area contributed by atoms with E-state index in [2.05, 4.69) is 10.1 Å². The maximum atomic E-state index is 12.7. The lowest BCUT2D eigenvalue weighted by atomic mass is 10.3. The van der Waals surface area contributed by atoms with Gasteiger partial charge in [-0.05, 0) is 38.0 Å². The van der Waals surface area contributed by atoms with Gasteiger partial charge in [-0.1, -0.05) is 6.07 Å². The van der Waals surface area contributed by atoms with Crippen molar-refractivity contribution in [1.29, 1.82) is 0 Å². The Morgan fingerprint density at radius 3 is 2.53 bits per heavy atom. The zero-order chi connectivity index (χ0) is 23.5. The number of halogens is 3. The molecule has 3 heterocycles. The molecule has 0 aromatic carbocycles. The Morgan fingerprint density at radius 2 is 1.94 bits per heavy atom. The normalized spacial score (nSPS) is 19.4. The van der Waals surface area contributed by atoms with Gasteiger partial charge in [0.2, 0.25) is 10.0 Å². The maximum Gasteiger partial charge on any atom is 0.490 e. The minimum Gasteiger partial charge on any atom is -0.475 e. The van der Waals surface area contributed by atoms with Crippen LogP contribution in [0.4, 0.5) is 13.2 Å². The summed E-state index contributed by atoms with van der Waals surface area (Å²) in [6.45, 7) is 3.57. The molecule has 2 aromatic heterocycles. The van der Waals surface area contributed by atoms with Crippen molar-refractivity contribution < 1.29 is 36.2 Å². The quantitative estimate of drug-likeness (QED) is 0.703. The van der Waals surface area contributed by atoms with E-state index in [4.69, 9.17) is 14.6 Å². The molecule has 2 aliphatic rings. The van der Waals surface area contributed by atoms with Crippen molar-refractivity contribution >= 4 is 16.0 Å². The smallest absolute Gasteiger partial charge is 0.475 e. The summed E-state index contributed by atoms with van der Waals surface area (Å²) < 4.78 is 66.6. The van der Waals surface area contributed by atoms with Gasteiger partial charge in [-0.3, -0.25) is 9.67 Å². The van der Waals surface area contributed by atoms with Crippen molar-refractivity contribution in [2.75, 3.05) is 6.54 Å². The second-order valence-electron chi connectivity index (χ2n) is 7.55. The van der Waals surface area contributed by atoms with Crippen LogP contribution >= 0.6 is 0 Å². The molecule has 0 spiro atoms. The highest BCUT2D eigenvalue weighted by Crippen LogP contribution is 2.32. The molecule has 0 saturated heterocycles. The van der Waals surface area contributed by atoms with Crippen LogP contribution in [0, 0.1) is 6.92 Å². The minimum absolute atomic E-state index is 0.221. The first-order valence-corrected chi connectivity index (χ1v) is 11.3. The zero-order valence-electron chi connectivity index (χ0n) is 17.2. The fourth-order valence-electron chi connectivity index (χ4n) is 3.14. The minimum atomic E-state index is -5.08. The van der Waals surface area contributed by atoms with Gasteiger partial charge in [-0.15, -0.1) is 0 Å². The van der Waals surface area contributed by atoms with Crippen LogP contribution in [0.25, 0.3) is 0 Å². The molecule has 2 aromatic rings. The predicted molar refractivity (Wildman–Crippen MR) is 106 cm³/mol. The third kappa shape index (κ3) is 6.26. The van der Waals surface area contributed by atoms with Gasteiger partial charge < -0.3 is 9.84 Å². The fourth-order valence-corrected chi connectivity index (χ4v) is 4.98. The number of aliphatic carboxylic acids is 1. The van der Waals surface area contributed by atoms with Crippen LogP contribution in [0.5, 0.6) is 0 Å². The number of rotatable bonds is 5. The molecule has 13 heteroatoms. The van der Waals surface area contributed by atoms with Crippen molar-refractivity contribution in [3.8, 4) is 0 Å². The Bertz CT molecular complexity index is 1050. The zero-order valence-corrected chi connectivity index (χ0v) is 18.0. The molecule has 0 radical (unpaired) electrons. The van der Waals surface area contributed by atoms with Gasteiger partial charge in [0.1, 0.15) is 0 Å². The summed E-state index contributed by atoms with van der Waals surface area (Å²) in [6.07, 6.45) is -2.10. The first kappa shape index (κ1) is 24.1. The summed E-state index contributed by atoms with van der Waals surface area (Å²) in [5.41, 5.74) is 2.69. The molecule has 1 fully saturated rings. The van der Waals surface area contributed by atoms with Crippen molar-refractivity contribution in [3.63, 3.8) is 0 Å². The second-order valence-corrected chi connectivity index (χ2v) is 9.76. The number of carboxylic acids is 1. The summed E-state index contributed by atoms with van der Waals surface area (Å²) in [5, 5.41) is 11.2. The van der Waals surface area contributed by atoms with Crippen LogP contribution in [0.2, 0.25) is 0 Å². The Kier molecular flexibility index (Phi) is 7.20. The lowest BCUT2D eigenvalue weighted by Crippen LogP contribution is -2.39. The Labute approximate surface area is 182 Å². The first-order chi connectivity index (χ1) is 15.0. The number of alkyl halides is 3. The van der Waals surface area contributed by atoms with Crippen LogP contribution in [-0.4, -0.2) is 62.6 Å². The van der Waals surface area contributed by atoms with E-state index < -0.39 is 22.2 Å². The van der Waals surface area contributed by atoms with Gasteiger partial charge in [0.15, 0.2) is 0 Å². The molecule has 1 N–H and O–H groups in total. The number of sulfonamides is 1. The lowest BCUT2D eigenvalue weighted by molar-refractivity contribution is -0.192. The second kappa shape index (κ2) is 9.55. The summed E-state index contributed by atoms with van der Waals surface area (Å²) in [5.74, 6) is -2.76. The van der Waals surface area contributed by atoms with E-state index in [-0.39, 0.29) is 11.4 Å². The van der Waals surface area contributed by atoms with E-state index in [9.17, 15) is 21.6 Å². The molecule has 0 amide bonds. The van der Waals surface area contributed by atoms with Crippen LogP contribution in [0.3, 0.4) is 0 Å². The summed E-state index contributed by atoms with van der Waals surface area (Å²) >= 11 is 0. The summed E-state index contributed by atoms with van der Waals surface area (Å²) in [6, 6.07) is 7.68. The van der Waals surface area contributed by atoms with Crippen LogP contribution in [0.1, 0.15) is 29.9 Å². The molecule has 1 aliphatic carbocycles. The first-order valence-electron chi connectivity index (χ1n) is 9.80. The molecule has 9 nitrogen and oxygen atoms in total. The monoisotopic (exact) mass is 476 g/mol. The highest BCUT2D eigenvalue weighted by molar-refractivity contribution is 7.90. The number of pyridine rings is 1. The largest absolute Gasteiger partial charge is 0.490 e. The van der Waals surface area contributed by atoms with Crippen molar-refractivity contribution in [3.05, 3.63) is 47.5 Å². The van der Waals surface area contributed by atoms with Gasteiger partial charge in [-0.25, -0.2) is 13.2 Å². The number of ether oxygens (including phenoxy) is 1. The molecule has 0 bridgehead atoms. The SMILES string of the molecule is Cc1cccc(COC2CN(S(=O)(=O)C3CC3)Cc3ccnn3C2)n1.O=C(O)C(F)(F)F. The lowest BCUT2D eigenvalue weighted by Gasteiger charge is -2.23. The van der Waals surface area contributed by atoms with Gasteiger partial charge in [0.05, 0.1) is 42.4 Å². The summed E-state index contributed by atoms with van der Waals surface area (Å²) in [7, 11) is -3.26. The number of carboxylic acid groups (broad SMARTS) is 1. The van der Waals surface area contributed by atoms with E-state index in [0.717, 1.165) is 29.9 Å². The Hall–Kier alpha value is -2.51. The average molecular weight is 476 g/mol. The number of aromatic nitrogens is 3. The molecule has 1 atom stereocenters. The number of hydrogen-bond donors (Lipinski definition) is 1. The maximum absolute atomic E-state index is 12.7. The topological polar surface area (TPSA) is 115 Å². The van der Waals surface area contributed by atoms with E-state index in [1.54, 1.807) is 10.5 Å². The molecular weight excluding hydrogens is 453 g/mol. The number of nitrogens with zero attached hydrogens (tertiary/aromatic N) is 4. The molecule has 32 heavy (non-hydrogen) atoms. The fraction of sp³-hybridized carbons (Fsp3) is 0.526. The van der Waals surface area contributed by atoms with Crippen LogP contribution < -0.4 is 0 Å². The molecule has 4 rings (SSSR count). The number of aryl methyl sites for hydroxylation is 1. The van der Waals surface area contributed by atoms with Gasteiger partial charge in [-0.2, -0.15) is 22.6 Å². The van der Waals surface area contributed by atoms with Gasteiger partial charge in [0, 0.05) is 18.4 Å². The van der Waals surface area contributed by atoms with Gasteiger partial charge in [0.25, 0.3) is 0 Å². The Balaban J connectivity index is 0.000000360. The molecule has 1 unspecified atom stereocenters. The highest BCUT2D eigenvalue weighted by Gasteiger charge is 2.42. The standard InChI is InChI=1S/C17H22N4O3S.C2HF3O2/c1-13-3-2-4-14(19-13)12-24-16-10-20(25(22,23)17-5-6-17)9-15-7-8-18-21(15)11-16;3-2(4,5)1(6)7/h2-4,7-8,16-17H,5-6,9-12H2,1H3;(H,6,7). The van der Waals surface area contributed by atoms with Crippen molar-refractivity contribution in [1.82, 2.24) is 19.1 Å². The van der Waals surface area contributed by atoms with E-state index in [0.29, 0.717) is 26.2 Å². The molecule has 176 valence electrons. The molecule has 1 saturated carbocycles. The van der Waals surface area contributed by atoms with E-state index in [1.165, 1.54) is 0 Å². The summed E-state index contributed by atoms with van der Waals surface area (Å²) in [4.78, 5) is 13.3. The molecule has 1 aliphatic heterocycles. The van der Waals surface area contributed by atoms with Crippen molar-refractivity contribution in [2.45, 2.75) is 57.0 Å². The average Bonchev–Trinajstić information content (AvgIpc) is 3.50. The highest BCUT2D eigenvalue weighted by atomic mass is 32.2. The third-order valence-corrected chi connectivity index (χ3v) is 7.20.